The van der Waals surface area contributed by atoms with Gasteiger partial charge >= 0.3 is 0 Å². The highest BCUT2D eigenvalue weighted by Gasteiger charge is 2.17. The molecule has 0 atom stereocenters. The molecule has 0 saturated carbocycles. The Labute approximate surface area is 151 Å². The minimum absolute atomic E-state index is 0.171. The van der Waals surface area contributed by atoms with Gasteiger partial charge in [0.1, 0.15) is 5.82 Å². The molecule has 0 unspecified atom stereocenters. The van der Waals surface area contributed by atoms with Crippen molar-refractivity contribution in [3.05, 3.63) is 58.7 Å². The number of amides is 2. The third-order valence-electron chi connectivity index (χ3n) is 4.19. The maximum Gasteiger partial charge on any atom is 0.251 e. The predicted molar refractivity (Wildman–Crippen MR) is 96.7 cm³/mol. The van der Waals surface area contributed by atoms with Crippen LogP contribution in [0.5, 0.6) is 0 Å². The van der Waals surface area contributed by atoms with Gasteiger partial charge in [-0.25, -0.2) is 4.98 Å². The number of nitrogens with zero attached hydrogens (tertiary/aromatic N) is 3. The Kier molecular flexibility index (Phi) is 5.50. The molecule has 2 heterocycles. The fraction of sp³-hybridized carbons (Fsp3) is 0.278. The first-order valence-electron chi connectivity index (χ1n) is 8.09. The fourth-order valence-corrected chi connectivity index (χ4v) is 2.91. The lowest BCUT2D eigenvalue weighted by Crippen LogP contribution is -2.46. The van der Waals surface area contributed by atoms with Crippen molar-refractivity contribution in [3.8, 4) is 0 Å². The zero-order valence-electron chi connectivity index (χ0n) is 13.7. The second-order valence-corrected chi connectivity index (χ2v) is 6.21. The Morgan fingerprint density at radius 3 is 2.68 bits per heavy atom. The molecule has 0 bridgehead atoms. The number of anilines is 1. The molecule has 1 aliphatic heterocycles. The quantitative estimate of drug-likeness (QED) is 0.830. The first-order valence-corrected chi connectivity index (χ1v) is 8.47. The number of nitrogens with one attached hydrogen (secondary N) is 1. The molecular formula is C18H19ClN4O2. The third kappa shape index (κ3) is 4.28. The van der Waals surface area contributed by atoms with Gasteiger partial charge in [0, 0.05) is 49.5 Å². The van der Waals surface area contributed by atoms with E-state index in [0.717, 1.165) is 17.8 Å². The molecular weight excluding hydrogens is 340 g/mol. The molecule has 1 aromatic carbocycles. The van der Waals surface area contributed by atoms with Crippen LogP contribution in [-0.4, -0.2) is 48.4 Å². The molecule has 0 spiro atoms. The zero-order chi connectivity index (χ0) is 17.6. The number of carbonyl (C=O) groups is 2. The zero-order valence-corrected chi connectivity index (χ0v) is 14.4. The monoisotopic (exact) mass is 358 g/mol. The number of carbonyl (C=O) groups excluding carboxylic acids is 2. The van der Waals surface area contributed by atoms with E-state index in [0.29, 0.717) is 43.3 Å². The number of aromatic nitrogens is 1. The number of halogens is 1. The van der Waals surface area contributed by atoms with E-state index in [4.69, 9.17) is 11.6 Å². The number of hydrogen-bond acceptors (Lipinski definition) is 4. The minimum atomic E-state index is -0.171. The van der Waals surface area contributed by atoms with Crippen LogP contribution in [0.25, 0.3) is 0 Å². The smallest absolute Gasteiger partial charge is 0.251 e. The van der Waals surface area contributed by atoms with Crippen LogP contribution < -0.4 is 10.2 Å². The molecule has 0 radical (unpaired) electrons. The highest BCUT2D eigenvalue weighted by molar-refractivity contribution is 6.31. The van der Waals surface area contributed by atoms with E-state index in [1.807, 2.05) is 18.2 Å². The summed E-state index contributed by atoms with van der Waals surface area (Å²) in [6.07, 6.45) is 2.50. The molecule has 1 fully saturated rings. The fourth-order valence-electron chi connectivity index (χ4n) is 2.71. The van der Waals surface area contributed by atoms with E-state index < -0.39 is 0 Å². The van der Waals surface area contributed by atoms with Gasteiger partial charge in [0.15, 0.2) is 0 Å². The Bertz CT molecular complexity index is 760. The Balaban J connectivity index is 1.64. The Morgan fingerprint density at radius 1 is 1.20 bits per heavy atom. The normalized spacial score (nSPS) is 14.3. The minimum Gasteiger partial charge on any atom is -0.353 e. The summed E-state index contributed by atoms with van der Waals surface area (Å²) in [5, 5.41) is 3.51. The number of pyridine rings is 1. The molecule has 3 rings (SSSR count). The van der Waals surface area contributed by atoms with Gasteiger partial charge in [0.05, 0.1) is 0 Å². The molecule has 7 heteroatoms. The molecule has 1 aliphatic rings. The summed E-state index contributed by atoms with van der Waals surface area (Å²) >= 11 is 6.11. The lowest BCUT2D eigenvalue weighted by molar-refractivity contribution is -0.118. The van der Waals surface area contributed by atoms with Gasteiger partial charge in [-0.3, -0.25) is 9.59 Å². The summed E-state index contributed by atoms with van der Waals surface area (Å²) < 4.78 is 0. The van der Waals surface area contributed by atoms with Crippen LogP contribution >= 0.6 is 11.6 Å². The number of hydrogen-bond donors (Lipinski definition) is 1. The van der Waals surface area contributed by atoms with Crippen LogP contribution in [0.4, 0.5) is 5.82 Å². The van der Waals surface area contributed by atoms with E-state index in [1.54, 1.807) is 29.3 Å². The summed E-state index contributed by atoms with van der Waals surface area (Å²) in [5.41, 5.74) is 1.42. The molecule has 2 amide bonds. The lowest BCUT2D eigenvalue weighted by atomic mass is 10.2. The second kappa shape index (κ2) is 7.98. The number of rotatable bonds is 5. The van der Waals surface area contributed by atoms with Crippen molar-refractivity contribution in [2.45, 2.75) is 6.54 Å². The maximum absolute atomic E-state index is 12.4. The molecule has 1 saturated heterocycles. The summed E-state index contributed by atoms with van der Waals surface area (Å²) in [7, 11) is 0. The Morgan fingerprint density at radius 2 is 1.96 bits per heavy atom. The highest BCUT2D eigenvalue weighted by atomic mass is 35.5. The average Bonchev–Trinajstić information content (AvgIpc) is 2.67. The largest absolute Gasteiger partial charge is 0.353 e. The van der Waals surface area contributed by atoms with Crippen molar-refractivity contribution >= 4 is 29.7 Å². The van der Waals surface area contributed by atoms with Gasteiger partial charge in [0.2, 0.25) is 6.41 Å². The molecule has 0 aliphatic carbocycles. The van der Waals surface area contributed by atoms with Crippen LogP contribution in [0.15, 0.2) is 42.6 Å². The molecule has 1 aromatic heterocycles. The van der Waals surface area contributed by atoms with Crippen molar-refractivity contribution in [1.29, 1.82) is 0 Å². The maximum atomic E-state index is 12.4. The standard InChI is InChI=1S/C18H19ClN4O2/c19-16-4-2-1-3-15(16)12-21-18(25)14-5-6-20-17(11-14)23-9-7-22(13-24)8-10-23/h1-6,11,13H,7-10,12H2,(H,21,25). The second-order valence-electron chi connectivity index (χ2n) is 5.81. The average molecular weight is 359 g/mol. The van der Waals surface area contributed by atoms with E-state index in [-0.39, 0.29) is 5.91 Å². The van der Waals surface area contributed by atoms with E-state index >= 15 is 0 Å². The van der Waals surface area contributed by atoms with Crippen LogP contribution in [0, 0.1) is 0 Å². The Hall–Kier alpha value is -2.60. The topological polar surface area (TPSA) is 65.5 Å². The SMILES string of the molecule is O=CN1CCN(c2cc(C(=O)NCc3ccccc3Cl)ccn2)CC1. The van der Waals surface area contributed by atoms with Crippen molar-refractivity contribution < 1.29 is 9.59 Å². The first-order chi connectivity index (χ1) is 12.2. The molecule has 25 heavy (non-hydrogen) atoms. The highest BCUT2D eigenvalue weighted by Crippen LogP contribution is 2.16. The van der Waals surface area contributed by atoms with Gasteiger partial charge in [-0.15, -0.1) is 0 Å². The predicted octanol–water partition coefficient (Wildman–Crippen LogP) is 1.94. The molecule has 2 aromatic rings. The van der Waals surface area contributed by atoms with Crippen LogP contribution in [-0.2, 0) is 11.3 Å². The van der Waals surface area contributed by atoms with Crippen molar-refractivity contribution in [3.63, 3.8) is 0 Å². The number of piperazine rings is 1. The van der Waals surface area contributed by atoms with Crippen molar-refractivity contribution in [2.75, 3.05) is 31.1 Å². The summed E-state index contributed by atoms with van der Waals surface area (Å²) in [6, 6.07) is 10.9. The van der Waals surface area contributed by atoms with Gasteiger partial charge in [-0.1, -0.05) is 29.8 Å². The summed E-state index contributed by atoms with van der Waals surface area (Å²) in [6.45, 7) is 3.10. The lowest BCUT2D eigenvalue weighted by Gasteiger charge is -2.33. The van der Waals surface area contributed by atoms with Gasteiger partial charge in [-0.05, 0) is 23.8 Å². The number of benzene rings is 1. The molecule has 1 N–H and O–H groups in total. The summed E-state index contributed by atoms with van der Waals surface area (Å²) in [5.74, 6) is 0.575. The first kappa shape index (κ1) is 17.2. The van der Waals surface area contributed by atoms with Crippen molar-refractivity contribution in [2.24, 2.45) is 0 Å². The van der Waals surface area contributed by atoms with E-state index in [2.05, 4.69) is 15.2 Å². The van der Waals surface area contributed by atoms with Gasteiger partial charge in [-0.2, -0.15) is 0 Å². The van der Waals surface area contributed by atoms with Gasteiger partial charge in [0.25, 0.3) is 5.91 Å². The van der Waals surface area contributed by atoms with Crippen LogP contribution in [0.2, 0.25) is 5.02 Å². The van der Waals surface area contributed by atoms with E-state index in [9.17, 15) is 9.59 Å². The third-order valence-corrected chi connectivity index (χ3v) is 4.56. The van der Waals surface area contributed by atoms with Crippen LogP contribution in [0.1, 0.15) is 15.9 Å². The van der Waals surface area contributed by atoms with Crippen molar-refractivity contribution in [1.82, 2.24) is 15.2 Å². The van der Waals surface area contributed by atoms with Gasteiger partial charge < -0.3 is 15.1 Å². The summed E-state index contributed by atoms with van der Waals surface area (Å²) in [4.78, 5) is 31.4. The molecule has 130 valence electrons. The van der Waals surface area contributed by atoms with Crippen LogP contribution in [0.3, 0.4) is 0 Å². The molecule has 6 nitrogen and oxygen atoms in total. The van der Waals surface area contributed by atoms with E-state index in [1.165, 1.54) is 0 Å².